The summed E-state index contributed by atoms with van der Waals surface area (Å²) in [6.45, 7) is 5.62. The minimum absolute atomic E-state index is 0.0421. The van der Waals surface area contributed by atoms with Gasteiger partial charge in [-0.2, -0.15) is 23.4 Å². The number of rotatable bonds is 5. The number of carbonyl (C=O) groups is 1. The summed E-state index contributed by atoms with van der Waals surface area (Å²) in [6, 6.07) is 1.13. The molecule has 4 rings (SSSR count). The average molecular weight is 406 g/mol. The molecule has 0 unspecified atom stereocenters. The summed E-state index contributed by atoms with van der Waals surface area (Å²) in [5.41, 5.74) is 1.18. The summed E-state index contributed by atoms with van der Waals surface area (Å²) in [4.78, 5) is 17.0. The lowest BCUT2D eigenvalue weighted by Crippen LogP contribution is -2.20. The Hall–Kier alpha value is -2.91. The molecular formula is C19H21F3N6O. The molecule has 0 spiro atoms. The van der Waals surface area contributed by atoms with Gasteiger partial charge in [-0.25, -0.2) is 9.67 Å². The SMILES string of the molecule is CCn1cc(NC(=O)Cn2nc(C)c3c(C(F)(F)F)cc(C4CC4)nc32)c(C)n1. The van der Waals surface area contributed by atoms with Crippen LogP contribution >= 0.6 is 0 Å². The number of nitrogens with zero attached hydrogens (tertiary/aromatic N) is 5. The van der Waals surface area contributed by atoms with Crippen LogP contribution in [-0.4, -0.2) is 30.5 Å². The largest absolute Gasteiger partial charge is 0.417 e. The van der Waals surface area contributed by atoms with E-state index in [9.17, 15) is 18.0 Å². The van der Waals surface area contributed by atoms with Gasteiger partial charge < -0.3 is 5.32 Å². The van der Waals surface area contributed by atoms with E-state index in [0.717, 1.165) is 18.9 Å². The van der Waals surface area contributed by atoms with Crippen molar-refractivity contribution in [1.82, 2.24) is 24.5 Å². The van der Waals surface area contributed by atoms with Gasteiger partial charge in [-0.15, -0.1) is 0 Å². The molecular weight excluding hydrogens is 385 g/mol. The summed E-state index contributed by atoms with van der Waals surface area (Å²) >= 11 is 0. The number of amides is 1. The van der Waals surface area contributed by atoms with Crippen molar-refractivity contribution in [3.8, 4) is 0 Å². The number of hydrogen-bond acceptors (Lipinski definition) is 4. The monoisotopic (exact) mass is 406 g/mol. The number of aromatic nitrogens is 5. The number of anilines is 1. The van der Waals surface area contributed by atoms with Gasteiger partial charge in [-0.1, -0.05) is 0 Å². The van der Waals surface area contributed by atoms with Crippen LogP contribution in [0.4, 0.5) is 18.9 Å². The molecule has 1 fully saturated rings. The minimum atomic E-state index is -4.52. The van der Waals surface area contributed by atoms with Crippen molar-refractivity contribution >= 4 is 22.6 Å². The summed E-state index contributed by atoms with van der Waals surface area (Å²) in [5.74, 6) is -0.360. The van der Waals surface area contributed by atoms with Gasteiger partial charge in [0.25, 0.3) is 0 Å². The highest BCUT2D eigenvalue weighted by Crippen LogP contribution is 2.43. The maximum absolute atomic E-state index is 13.6. The molecule has 0 aromatic carbocycles. The molecule has 0 radical (unpaired) electrons. The van der Waals surface area contributed by atoms with Gasteiger partial charge in [0.15, 0.2) is 5.65 Å². The van der Waals surface area contributed by atoms with Gasteiger partial charge in [0.2, 0.25) is 5.91 Å². The normalized spacial score (nSPS) is 14.6. The molecule has 0 bridgehead atoms. The molecule has 1 N–H and O–H groups in total. The Morgan fingerprint density at radius 1 is 1.24 bits per heavy atom. The maximum Gasteiger partial charge on any atom is 0.417 e. The Labute approximate surface area is 164 Å². The molecule has 0 atom stereocenters. The van der Waals surface area contributed by atoms with E-state index in [2.05, 4.69) is 20.5 Å². The third-order valence-electron chi connectivity index (χ3n) is 5.04. The standard InChI is InChI=1S/C19H21F3N6O/c1-4-27-8-15(10(2)25-27)23-16(29)9-28-18-17(11(3)26-28)13(19(20,21)22)7-14(24-18)12-5-6-12/h7-8,12H,4-6,9H2,1-3H3,(H,23,29). The van der Waals surface area contributed by atoms with E-state index in [1.165, 1.54) is 11.6 Å². The predicted octanol–water partition coefficient (Wildman–Crippen LogP) is 3.80. The highest BCUT2D eigenvalue weighted by atomic mass is 19.4. The first-order valence-corrected chi connectivity index (χ1v) is 9.46. The molecule has 154 valence electrons. The lowest BCUT2D eigenvalue weighted by atomic mass is 10.1. The zero-order valence-electron chi connectivity index (χ0n) is 16.3. The molecule has 1 aliphatic rings. The molecule has 1 aliphatic carbocycles. The lowest BCUT2D eigenvalue weighted by Gasteiger charge is -2.11. The van der Waals surface area contributed by atoms with Crippen LogP contribution in [0.25, 0.3) is 11.0 Å². The molecule has 3 aromatic rings. The van der Waals surface area contributed by atoms with Gasteiger partial charge in [0.1, 0.15) is 6.54 Å². The van der Waals surface area contributed by atoms with E-state index >= 15 is 0 Å². The van der Waals surface area contributed by atoms with Crippen molar-refractivity contribution < 1.29 is 18.0 Å². The van der Waals surface area contributed by atoms with E-state index in [4.69, 9.17) is 0 Å². The molecule has 0 saturated heterocycles. The first-order valence-electron chi connectivity index (χ1n) is 9.46. The van der Waals surface area contributed by atoms with Gasteiger partial charge in [0.05, 0.1) is 28.0 Å². The second kappa shape index (κ2) is 6.85. The zero-order chi connectivity index (χ0) is 20.9. The van der Waals surface area contributed by atoms with E-state index in [-0.39, 0.29) is 29.2 Å². The van der Waals surface area contributed by atoms with Crippen LogP contribution < -0.4 is 5.32 Å². The van der Waals surface area contributed by atoms with Crippen molar-refractivity contribution in [1.29, 1.82) is 0 Å². The molecule has 3 aromatic heterocycles. The number of carbonyl (C=O) groups excluding carboxylic acids is 1. The average Bonchev–Trinajstić information content (AvgIpc) is 3.37. The smallest absolute Gasteiger partial charge is 0.322 e. The Kier molecular flexibility index (Phi) is 4.59. The number of alkyl halides is 3. The first kappa shape index (κ1) is 19.4. The molecule has 3 heterocycles. The summed E-state index contributed by atoms with van der Waals surface area (Å²) in [6.07, 6.45) is -1.16. The second-order valence-corrected chi connectivity index (χ2v) is 7.34. The Balaban J connectivity index is 1.69. The van der Waals surface area contributed by atoms with Crippen LogP contribution in [0.1, 0.15) is 48.3 Å². The maximum atomic E-state index is 13.6. The number of aryl methyl sites for hydroxylation is 3. The van der Waals surface area contributed by atoms with E-state index in [1.54, 1.807) is 17.8 Å². The Morgan fingerprint density at radius 3 is 2.55 bits per heavy atom. The van der Waals surface area contributed by atoms with Crippen LogP contribution in [0, 0.1) is 13.8 Å². The molecule has 10 heteroatoms. The highest BCUT2D eigenvalue weighted by Gasteiger charge is 2.37. The number of hydrogen-bond donors (Lipinski definition) is 1. The van der Waals surface area contributed by atoms with Crippen LogP contribution in [0.2, 0.25) is 0 Å². The van der Waals surface area contributed by atoms with Crippen molar-refractivity contribution in [3.05, 3.63) is 34.9 Å². The van der Waals surface area contributed by atoms with E-state index in [0.29, 0.717) is 23.6 Å². The van der Waals surface area contributed by atoms with E-state index in [1.807, 2.05) is 6.92 Å². The topological polar surface area (TPSA) is 77.6 Å². The van der Waals surface area contributed by atoms with Crippen molar-refractivity contribution in [3.63, 3.8) is 0 Å². The van der Waals surface area contributed by atoms with Crippen molar-refractivity contribution in [2.45, 2.75) is 58.8 Å². The number of halogens is 3. The number of pyridine rings is 1. The molecule has 1 saturated carbocycles. The second-order valence-electron chi connectivity index (χ2n) is 7.34. The van der Waals surface area contributed by atoms with Gasteiger partial charge in [0, 0.05) is 24.4 Å². The Morgan fingerprint density at radius 2 is 1.97 bits per heavy atom. The quantitative estimate of drug-likeness (QED) is 0.699. The van der Waals surface area contributed by atoms with Crippen LogP contribution in [0.5, 0.6) is 0 Å². The molecule has 7 nitrogen and oxygen atoms in total. The van der Waals surface area contributed by atoms with Gasteiger partial charge in [-0.05, 0) is 39.7 Å². The number of nitrogens with one attached hydrogen (secondary N) is 1. The summed E-state index contributed by atoms with van der Waals surface area (Å²) in [5, 5.41) is 11.1. The fraction of sp³-hybridized carbons (Fsp3) is 0.474. The predicted molar refractivity (Wildman–Crippen MR) is 101 cm³/mol. The molecule has 1 amide bonds. The molecule has 29 heavy (non-hydrogen) atoms. The third kappa shape index (κ3) is 3.70. The minimum Gasteiger partial charge on any atom is -0.322 e. The third-order valence-corrected chi connectivity index (χ3v) is 5.04. The number of fused-ring (bicyclic) bond motifs is 1. The van der Waals surface area contributed by atoms with Crippen molar-refractivity contribution in [2.75, 3.05) is 5.32 Å². The van der Waals surface area contributed by atoms with Crippen LogP contribution in [0.15, 0.2) is 12.3 Å². The fourth-order valence-electron chi connectivity index (χ4n) is 3.42. The highest BCUT2D eigenvalue weighted by molar-refractivity contribution is 5.92. The fourth-order valence-corrected chi connectivity index (χ4v) is 3.42. The summed E-state index contributed by atoms with van der Waals surface area (Å²) < 4.78 is 43.9. The summed E-state index contributed by atoms with van der Waals surface area (Å²) in [7, 11) is 0. The van der Waals surface area contributed by atoms with Gasteiger partial charge >= 0.3 is 6.18 Å². The van der Waals surface area contributed by atoms with Crippen molar-refractivity contribution in [2.24, 2.45) is 0 Å². The Bertz CT molecular complexity index is 1090. The van der Waals surface area contributed by atoms with E-state index < -0.39 is 17.6 Å². The van der Waals surface area contributed by atoms with Crippen LogP contribution in [-0.2, 0) is 24.1 Å². The van der Waals surface area contributed by atoms with Gasteiger partial charge in [-0.3, -0.25) is 9.48 Å². The molecule has 0 aliphatic heterocycles. The zero-order valence-corrected chi connectivity index (χ0v) is 16.3. The lowest BCUT2D eigenvalue weighted by molar-refractivity contribution is -0.136. The first-order chi connectivity index (χ1) is 13.7. The van der Waals surface area contributed by atoms with Crippen LogP contribution in [0.3, 0.4) is 0 Å².